The van der Waals surface area contributed by atoms with Crippen LogP contribution in [0.3, 0.4) is 0 Å². The maximum Gasteiger partial charge on any atom is 0.151 e. The molecule has 0 radical (unpaired) electrons. The van der Waals surface area contributed by atoms with E-state index in [1.807, 2.05) is 18.3 Å². The van der Waals surface area contributed by atoms with Crippen molar-refractivity contribution in [1.29, 1.82) is 0 Å². The number of hydrogen-bond donors (Lipinski definition) is 0. The first-order valence-corrected chi connectivity index (χ1v) is 6.58. The third-order valence-corrected chi connectivity index (χ3v) is 4.75. The second-order valence-corrected chi connectivity index (χ2v) is 6.02. The molecule has 1 aromatic heterocycles. The first-order valence-electron chi connectivity index (χ1n) is 5.76. The molecule has 1 aromatic rings. The van der Waals surface area contributed by atoms with Crippen molar-refractivity contribution in [3.8, 4) is 0 Å². The Bertz CT molecular complexity index is 345. The van der Waals surface area contributed by atoms with Gasteiger partial charge >= 0.3 is 0 Å². The SMILES string of the molecule is Cc1sc(C2CCC(C)CC2)cc1C=O. The van der Waals surface area contributed by atoms with E-state index in [9.17, 15) is 4.79 Å². The highest BCUT2D eigenvalue weighted by Crippen LogP contribution is 2.39. The van der Waals surface area contributed by atoms with Crippen LogP contribution in [0.2, 0.25) is 0 Å². The van der Waals surface area contributed by atoms with Gasteiger partial charge in [-0.05, 0) is 37.7 Å². The third-order valence-electron chi connectivity index (χ3n) is 3.52. The highest BCUT2D eigenvalue weighted by Gasteiger charge is 2.21. The van der Waals surface area contributed by atoms with Crippen molar-refractivity contribution in [2.75, 3.05) is 0 Å². The molecule has 0 aromatic carbocycles. The van der Waals surface area contributed by atoms with Crippen molar-refractivity contribution in [3.63, 3.8) is 0 Å². The summed E-state index contributed by atoms with van der Waals surface area (Å²) in [6, 6.07) is 2.10. The Morgan fingerprint density at radius 2 is 2.00 bits per heavy atom. The fourth-order valence-corrected chi connectivity index (χ4v) is 3.55. The molecule has 0 saturated heterocycles. The summed E-state index contributed by atoms with van der Waals surface area (Å²) < 4.78 is 0. The van der Waals surface area contributed by atoms with E-state index in [0.29, 0.717) is 0 Å². The first-order chi connectivity index (χ1) is 7.20. The average Bonchev–Trinajstić information content (AvgIpc) is 2.61. The summed E-state index contributed by atoms with van der Waals surface area (Å²) in [5.74, 6) is 1.62. The normalized spacial score (nSPS) is 26.5. The van der Waals surface area contributed by atoms with Crippen LogP contribution in [0.15, 0.2) is 6.07 Å². The van der Waals surface area contributed by atoms with Crippen molar-refractivity contribution in [3.05, 3.63) is 21.4 Å². The minimum Gasteiger partial charge on any atom is -0.298 e. The van der Waals surface area contributed by atoms with Gasteiger partial charge in [0, 0.05) is 15.3 Å². The van der Waals surface area contributed by atoms with Gasteiger partial charge in [-0.3, -0.25) is 4.79 Å². The largest absolute Gasteiger partial charge is 0.298 e. The molecule has 0 aliphatic heterocycles. The van der Waals surface area contributed by atoms with Gasteiger partial charge in [-0.2, -0.15) is 0 Å². The van der Waals surface area contributed by atoms with Crippen molar-refractivity contribution in [2.24, 2.45) is 5.92 Å². The number of carbonyl (C=O) groups is 1. The second-order valence-electron chi connectivity index (χ2n) is 4.73. The van der Waals surface area contributed by atoms with Gasteiger partial charge in [-0.1, -0.05) is 19.8 Å². The van der Waals surface area contributed by atoms with Crippen molar-refractivity contribution >= 4 is 17.6 Å². The molecular formula is C13H18OS. The molecule has 1 nitrogen and oxygen atoms in total. The lowest BCUT2D eigenvalue weighted by Crippen LogP contribution is -2.09. The maximum atomic E-state index is 10.8. The highest BCUT2D eigenvalue weighted by atomic mass is 32.1. The lowest BCUT2D eigenvalue weighted by atomic mass is 9.82. The molecule has 1 aliphatic rings. The molecule has 1 aliphatic carbocycles. The quantitative estimate of drug-likeness (QED) is 0.687. The zero-order chi connectivity index (χ0) is 10.8. The molecule has 0 N–H and O–H groups in total. The van der Waals surface area contributed by atoms with Crippen LogP contribution in [0.4, 0.5) is 0 Å². The average molecular weight is 222 g/mol. The van der Waals surface area contributed by atoms with Crippen molar-refractivity contribution in [1.82, 2.24) is 0 Å². The highest BCUT2D eigenvalue weighted by molar-refractivity contribution is 7.12. The Balaban J connectivity index is 2.12. The summed E-state index contributed by atoms with van der Waals surface area (Å²) >= 11 is 1.82. The minimum absolute atomic E-state index is 0.721. The molecule has 0 atom stereocenters. The maximum absolute atomic E-state index is 10.8. The topological polar surface area (TPSA) is 17.1 Å². The summed E-state index contributed by atoms with van der Waals surface area (Å²) in [7, 11) is 0. The predicted octanol–water partition coefficient (Wildman–Crippen LogP) is 4.16. The number of thiophene rings is 1. The summed E-state index contributed by atoms with van der Waals surface area (Å²) in [4.78, 5) is 13.4. The van der Waals surface area contributed by atoms with E-state index in [1.54, 1.807) is 0 Å². The molecule has 0 bridgehead atoms. The summed E-state index contributed by atoms with van der Waals surface area (Å²) in [6.07, 6.45) is 6.29. The Labute approximate surface area is 95.5 Å². The fraction of sp³-hybridized carbons (Fsp3) is 0.615. The van der Waals surface area contributed by atoms with E-state index in [-0.39, 0.29) is 0 Å². The zero-order valence-corrected chi connectivity index (χ0v) is 10.3. The van der Waals surface area contributed by atoms with Crippen LogP contribution >= 0.6 is 11.3 Å². The fourth-order valence-electron chi connectivity index (χ4n) is 2.38. The van der Waals surface area contributed by atoms with Crippen molar-refractivity contribution in [2.45, 2.75) is 45.4 Å². The minimum atomic E-state index is 0.721. The third kappa shape index (κ3) is 2.31. The summed E-state index contributed by atoms with van der Waals surface area (Å²) in [5.41, 5.74) is 0.897. The molecule has 1 saturated carbocycles. The Morgan fingerprint density at radius 3 is 2.53 bits per heavy atom. The van der Waals surface area contributed by atoms with Gasteiger partial charge in [0.1, 0.15) is 0 Å². The Hall–Kier alpha value is -0.630. The summed E-state index contributed by atoms with van der Waals surface area (Å²) in [5, 5.41) is 0. The van der Waals surface area contributed by atoms with Crippen LogP contribution in [0.25, 0.3) is 0 Å². The van der Waals surface area contributed by atoms with Gasteiger partial charge in [0.25, 0.3) is 0 Å². The van der Waals surface area contributed by atoms with Gasteiger partial charge in [0.15, 0.2) is 6.29 Å². The van der Waals surface area contributed by atoms with Crippen LogP contribution in [0.5, 0.6) is 0 Å². The molecule has 82 valence electrons. The lowest BCUT2D eigenvalue weighted by Gasteiger charge is -2.25. The molecule has 2 heteroatoms. The van der Waals surface area contributed by atoms with Crippen LogP contribution < -0.4 is 0 Å². The summed E-state index contributed by atoms with van der Waals surface area (Å²) in [6.45, 7) is 4.39. The van der Waals surface area contributed by atoms with E-state index in [1.165, 1.54) is 35.4 Å². The zero-order valence-electron chi connectivity index (χ0n) is 9.45. The predicted molar refractivity (Wildman–Crippen MR) is 64.8 cm³/mol. The van der Waals surface area contributed by atoms with E-state index < -0.39 is 0 Å². The van der Waals surface area contributed by atoms with Crippen LogP contribution in [0, 0.1) is 12.8 Å². The first kappa shape index (κ1) is 10.9. The monoisotopic (exact) mass is 222 g/mol. The van der Waals surface area contributed by atoms with Crippen LogP contribution in [0.1, 0.15) is 58.6 Å². The van der Waals surface area contributed by atoms with Gasteiger partial charge in [-0.15, -0.1) is 11.3 Å². The van der Waals surface area contributed by atoms with E-state index in [2.05, 4.69) is 13.0 Å². The van der Waals surface area contributed by atoms with E-state index in [0.717, 1.165) is 23.7 Å². The number of carbonyl (C=O) groups excluding carboxylic acids is 1. The Kier molecular flexibility index (Phi) is 3.25. The van der Waals surface area contributed by atoms with Gasteiger partial charge < -0.3 is 0 Å². The standard InChI is InChI=1S/C13H18OS/c1-9-3-5-11(6-4-9)13-7-12(8-14)10(2)15-13/h7-9,11H,3-6H2,1-2H3. The number of aldehydes is 1. The lowest BCUT2D eigenvalue weighted by molar-refractivity contribution is 0.112. The van der Waals surface area contributed by atoms with E-state index in [4.69, 9.17) is 0 Å². The molecule has 1 heterocycles. The number of aryl methyl sites for hydroxylation is 1. The van der Waals surface area contributed by atoms with Crippen LogP contribution in [-0.4, -0.2) is 6.29 Å². The molecule has 15 heavy (non-hydrogen) atoms. The van der Waals surface area contributed by atoms with Crippen LogP contribution in [-0.2, 0) is 0 Å². The van der Waals surface area contributed by atoms with Gasteiger partial charge in [-0.25, -0.2) is 0 Å². The smallest absolute Gasteiger partial charge is 0.151 e. The van der Waals surface area contributed by atoms with Gasteiger partial charge in [0.2, 0.25) is 0 Å². The molecule has 2 rings (SSSR count). The number of hydrogen-bond acceptors (Lipinski definition) is 2. The Morgan fingerprint density at radius 1 is 1.33 bits per heavy atom. The molecular weight excluding hydrogens is 204 g/mol. The van der Waals surface area contributed by atoms with Crippen molar-refractivity contribution < 1.29 is 4.79 Å². The second kappa shape index (κ2) is 4.48. The van der Waals surface area contributed by atoms with Gasteiger partial charge in [0.05, 0.1) is 0 Å². The number of rotatable bonds is 2. The molecule has 0 unspecified atom stereocenters. The van der Waals surface area contributed by atoms with E-state index >= 15 is 0 Å². The molecule has 0 spiro atoms. The molecule has 1 fully saturated rings. The molecule has 0 amide bonds.